The molecule has 1 amide bonds. The van der Waals surface area contributed by atoms with E-state index in [1.807, 2.05) is 30.0 Å². The van der Waals surface area contributed by atoms with Gasteiger partial charge in [0, 0.05) is 25.0 Å². The molecule has 1 atom stereocenters. The summed E-state index contributed by atoms with van der Waals surface area (Å²) < 4.78 is 5.84. The zero-order chi connectivity index (χ0) is 17.1. The monoisotopic (exact) mass is 329 g/mol. The minimum atomic E-state index is -0.390. The van der Waals surface area contributed by atoms with E-state index in [0.29, 0.717) is 13.2 Å². The van der Waals surface area contributed by atoms with E-state index in [1.54, 1.807) is 0 Å². The van der Waals surface area contributed by atoms with Crippen LogP contribution in [0.5, 0.6) is 0 Å². The number of benzene rings is 1. The third-order valence-electron chi connectivity index (χ3n) is 4.26. The maximum absolute atomic E-state index is 11.6. The van der Waals surface area contributed by atoms with Crippen LogP contribution in [0.3, 0.4) is 0 Å². The van der Waals surface area contributed by atoms with Gasteiger partial charge in [-0.3, -0.25) is 4.79 Å². The number of primary amides is 1. The number of aryl methyl sites for hydroxylation is 1. The van der Waals surface area contributed by atoms with Crippen LogP contribution in [0.25, 0.3) is 10.9 Å². The Morgan fingerprint density at radius 1 is 1.46 bits per heavy atom. The molecular formula is C17H23N5O2. The first kappa shape index (κ1) is 16.6. The molecule has 0 unspecified atom stereocenters. The van der Waals surface area contributed by atoms with Crippen molar-refractivity contribution in [2.45, 2.75) is 13.0 Å². The fourth-order valence-electron chi connectivity index (χ4n) is 3.11. The van der Waals surface area contributed by atoms with Crippen molar-refractivity contribution in [3.63, 3.8) is 0 Å². The molecule has 0 radical (unpaired) electrons. The Hall–Kier alpha value is -2.25. The number of fused-ring (bicyclic) bond motifs is 1. The summed E-state index contributed by atoms with van der Waals surface area (Å²) in [6.07, 6.45) is 1.55. The van der Waals surface area contributed by atoms with Crippen molar-refractivity contribution < 1.29 is 9.53 Å². The lowest BCUT2D eigenvalue weighted by Crippen LogP contribution is -2.48. The summed E-state index contributed by atoms with van der Waals surface area (Å²) in [5, 5.41) is 0.919. The fourth-order valence-corrected chi connectivity index (χ4v) is 3.11. The molecule has 128 valence electrons. The van der Waals surface area contributed by atoms with Gasteiger partial charge >= 0.3 is 0 Å². The number of hydrogen-bond donors (Lipinski definition) is 1. The summed E-state index contributed by atoms with van der Waals surface area (Å²) in [6.45, 7) is 5.10. The number of amides is 1. The minimum Gasteiger partial charge on any atom is -0.374 e. The number of nitrogens with zero attached hydrogens (tertiary/aromatic N) is 4. The Balaban J connectivity index is 1.94. The molecule has 1 aliphatic heterocycles. The maximum atomic E-state index is 11.6. The van der Waals surface area contributed by atoms with Crippen molar-refractivity contribution in [3.8, 4) is 0 Å². The van der Waals surface area contributed by atoms with Crippen LogP contribution in [-0.2, 0) is 9.53 Å². The van der Waals surface area contributed by atoms with Gasteiger partial charge in [0.15, 0.2) is 0 Å². The lowest BCUT2D eigenvalue weighted by molar-refractivity contribution is -0.116. The van der Waals surface area contributed by atoms with E-state index in [-0.39, 0.29) is 12.6 Å². The Bertz CT molecular complexity index is 736. The van der Waals surface area contributed by atoms with Gasteiger partial charge < -0.3 is 20.3 Å². The standard InChI is InChI=1S/C17H23N5O2/c1-12-4-3-5-14-16(12)19-11-20-17(14)22(10-15(18)23)9-13-8-21(2)6-7-24-13/h3-5,11,13H,6-10H2,1-2H3,(H2,18,23)/t13-/m1/s1. The molecule has 7 heteroatoms. The van der Waals surface area contributed by atoms with Crippen LogP contribution in [-0.4, -0.2) is 66.7 Å². The van der Waals surface area contributed by atoms with Crippen molar-refractivity contribution in [2.75, 3.05) is 44.7 Å². The van der Waals surface area contributed by atoms with Gasteiger partial charge in [-0.2, -0.15) is 0 Å². The van der Waals surface area contributed by atoms with Crippen LogP contribution in [0.2, 0.25) is 0 Å². The molecule has 0 saturated carbocycles. The highest BCUT2D eigenvalue weighted by atomic mass is 16.5. The van der Waals surface area contributed by atoms with E-state index in [4.69, 9.17) is 10.5 Å². The van der Waals surface area contributed by atoms with E-state index in [9.17, 15) is 4.79 Å². The van der Waals surface area contributed by atoms with Crippen LogP contribution in [0.15, 0.2) is 24.5 Å². The minimum absolute atomic E-state index is 0.0120. The lowest BCUT2D eigenvalue weighted by atomic mass is 10.1. The van der Waals surface area contributed by atoms with Gasteiger partial charge in [-0.05, 0) is 25.6 Å². The Labute approximate surface area is 141 Å². The molecule has 1 fully saturated rings. The second kappa shape index (κ2) is 7.11. The maximum Gasteiger partial charge on any atom is 0.237 e. The summed E-state index contributed by atoms with van der Waals surface area (Å²) in [4.78, 5) is 24.5. The fraction of sp³-hybridized carbons (Fsp3) is 0.471. The van der Waals surface area contributed by atoms with Crippen LogP contribution in [0.1, 0.15) is 5.56 Å². The van der Waals surface area contributed by atoms with E-state index < -0.39 is 5.91 Å². The predicted molar refractivity (Wildman–Crippen MR) is 92.9 cm³/mol. The highest BCUT2D eigenvalue weighted by molar-refractivity contribution is 5.92. The molecule has 2 N–H and O–H groups in total. The van der Waals surface area contributed by atoms with Crippen LogP contribution in [0.4, 0.5) is 5.82 Å². The number of likely N-dealkylation sites (N-methyl/N-ethyl adjacent to an activating group) is 1. The summed E-state index contributed by atoms with van der Waals surface area (Å²) in [5.41, 5.74) is 7.42. The third kappa shape index (κ3) is 3.63. The highest BCUT2D eigenvalue weighted by Gasteiger charge is 2.23. The Morgan fingerprint density at radius 3 is 3.04 bits per heavy atom. The van der Waals surface area contributed by atoms with E-state index >= 15 is 0 Å². The van der Waals surface area contributed by atoms with Gasteiger partial charge in [0.05, 0.1) is 24.8 Å². The molecular weight excluding hydrogens is 306 g/mol. The summed E-state index contributed by atoms with van der Waals surface area (Å²) >= 11 is 0. The molecule has 2 heterocycles. The Kier molecular flexibility index (Phi) is 4.92. The van der Waals surface area contributed by atoms with Gasteiger partial charge in [0.1, 0.15) is 12.1 Å². The number of carbonyl (C=O) groups is 1. The predicted octanol–water partition coefficient (Wildman–Crippen LogP) is 0.561. The number of rotatable bonds is 5. The van der Waals surface area contributed by atoms with Gasteiger partial charge in [-0.1, -0.05) is 12.1 Å². The van der Waals surface area contributed by atoms with Crippen molar-refractivity contribution >= 4 is 22.6 Å². The number of morpholine rings is 1. The number of carbonyl (C=O) groups excluding carboxylic acids is 1. The van der Waals surface area contributed by atoms with Gasteiger partial charge in [-0.15, -0.1) is 0 Å². The smallest absolute Gasteiger partial charge is 0.237 e. The summed E-state index contributed by atoms with van der Waals surface area (Å²) in [7, 11) is 2.07. The SMILES string of the molecule is Cc1cccc2c(N(CC(N)=O)C[C@H]3CN(C)CCO3)ncnc12. The number of nitrogens with two attached hydrogens (primary N) is 1. The molecule has 3 rings (SSSR count). The number of aromatic nitrogens is 2. The van der Waals surface area contributed by atoms with E-state index in [1.165, 1.54) is 6.33 Å². The molecule has 1 aromatic heterocycles. The molecule has 7 nitrogen and oxygen atoms in total. The third-order valence-corrected chi connectivity index (χ3v) is 4.26. The largest absolute Gasteiger partial charge is 0.374 e. The molecule has 1 saturated heterocycles. The van der Waals surface area contributed by atoms with E-state index in [2.05, 4.69) is 21.9 Å². The van der Waals surface area contributed by atoms with Gasteiger partial charge in [0.25, 0.3) is 0 Å². The van der Waals surface area contributed by atoms with Gasteiger partial charge in [-0.25, -0.2) is 9.97 Å². The molecule has 24 heavy (non-hydrogen) atoms. The Morgan fingerprint density at radius 2 is 2.29 bits per heavy atom. The molecule has 2 aromatic rings. The lowest BCUT2D eigenvalue weighted by Gasteiger charge is -2.34. The topological polar surface area (TPSA) is 84.6 Å². The van der Waals surface area contributed by atoms with Crippen molar-refractivity contribution in [1.82, 2.24) is 14.9 Å². The van der Waals surface area contributed by atoms with Gasteiger partial charge in [0.2, 0.25) is 5.91 Å². The average Bonchev–Trinajstić information content (AvgIpc) is 2.54. The van der Waals surface area contributed by atoms with Crippen molar-refractivity contribution in [2.24, 2.45) is 5.73 Å². The first-order valence-electron chi connectivity index (χ1n) is 8.08. The molecule has 1 aliphatic rings. The highest BCUT2D eigenvalue weighted by Crippen LogP contribution is 2.25. The average molecular weight is 329 g/mol. The van der Waals surface area contributed by atoms with Crippen molar-refractivity contribution in [3.05, 3.63) is 30.1 Å². The van der Waals surface area contributed by atoms with E-state index in [0.717, 1.165) is 35.4 Å². The number of anilines is 1. The number of hydrogen-bond acceptors (Lipinski definition) is 6. The zero-order valence-corrected chi connectivity index (χ0v) is 14.1. The number of para-hydroxylation sites is 1. The first-order valence-corrected chi connectivity index (χ1v) is 8.08. The van der Waals surface area contributed by atoms with Crippen LogP contribution in [0, 0.1) is 6.92 Å². The van der Waals surface area contributed by atoms with Crippen molar-refractivity contribution in [1.29, 1.82) is 0 Å². The van der Waals surface area contributed by atoms with Crippen LogP contribution >= 0.6 is 0 Å². The summed E-state index contributed by atoms with van der Waals surface area (Å²) in [6, 6.07) is 5.95. The molecule has 0 bridgehead atoms. The summed E-state index contributed by atoms with van der Waals surface area (Å²) in [5.74, 6) is 0.331. The molecule has 1 aromatic carbocycles. The van der Waals surface area contributed by atoms with Crippen LogP contribution < -0.4 is 10.6 Å². The quantitative estimate of drug-likeness (QED) is 0.863. The first-order chi connectivity index (χ1) is 11.5. The second-order valence-corrected chi connectivity index (χ2v) is 6.27. The molecule has 0 aliphatic carbocycles. The zero-order valence-electron chi connectivity index (χ0n) is 14.1. The second-order valence-electron chi connectivity index (χ2n) is 6.27. The number of ether oxygens (including phenoxy) is 1. The molecule has 0 spiro atoms. The normalized spacial score (nSPS) is 18.7.